The molecule has 0 bridgehead atoms. The first-order valence-electron chi connectivity index (χ1n) is 9.25. The first kappa shape index (κ1) is 17.3. The minimum absolute atomic E-state index is 0.0589. The van der Waals surface area contributed by atoms with E-state index in [1.807, 2.05) is 29.5 Å². The summed E-state index contributed by atoms with van der Waals surface area (Å²) in [5, 5.41) is 4.71. The zero-order valence-electron chi connectivity index (χ0n) is 15.6. The van der Waals surface area contributed by atoms with Crippen molar-refractivity contribution in [2.45, 2.75) is 52.1 Å². The van der Waals surface area contributed by atoms with Gasteiger partial charge in [0.05, 0.1) is 37.6 Å². The minimum atomic E-state index is -0.0947. The fourth-order valence-corrected chi connectivity index (χ4v) is 4.01. The van der Waals surface area contributed by atoms with Crippen LogP contribution in [0.1, 0.15) is 47.4 Å². The quantitative estimate of drug-likeness (QED) is 0.839. The maximum absolute atomic E-state index is 13.4. The second-order valence-electron chi connectivity index (χ2n) is 7.14. The van der Waals surface area contributed by atoms with Gasteiger partial charge in [-0.2, -0.15) is 5.10 Å². The molecule has 0 N–H and O–H groups in total. The molecule has 0 radical (unpaired) electrons. The van der Waals surface area contributed by atoms with Crippen LogP contribution in [0.2, 0.25) is 0 Å². The second-order valence-corrected chi connectivity index (χ2v) is 7.14. The maximum atomic E-state index is 13.4. The van der Waals surface area contributed by atoms with Crippen molar-refractivity contribution in [1.82, 2.24) is 19.2 Å². The van der Waals surface area contributed by atoms with Crippen LogP contribution < -0.4 is 0 Å². The number of amides is 1. The second kappa shape index (κ2) is 6.89. The van der Waals surface area contributed by atoms with E-state index in [0.29, 0.717) is 31.9 Å². The summed E-state index contributed by atoms with van der Waals surface area (Å²) in [6, 6.07) is 4.11. The monoisotopic (exact) mass is 358 g/mol. The van der Waals surface area contributed by atoms with Crippen molar-refractivity contribution >= 4 is 5.91 Å². The standard InChI is InChI=1S/C19H26N4O3/c1-13-11-16-17(14(2)26-13)20-23(9-10-25-3)18(16)19(24)22-8-7-21-6-4-5-15(21)12-22/h4-6,13-14H,7-12H2,1-3H3/t13-,14+/m0/s1. The predicted octanol–water partition coefficient (Wildman–Crippen LogP) is 2.01. The third-order valence-corrected chi connectivity index (χ3v) is 5.28. The molecule has 2 aromatic rings. The fourth-order valence-electron chi connectivity index (χ4n) is 4.01. The molecule has 0 aromatic carbocycles. The van der Waals surface area contributed by atoms with Crippen molar-refractivity contribution in [2.24, 2.45) is 0 Å². The maximum Gasteiger partial charge on any atom is 0.272 e. The summed E-state index contributed by atoms with van der Waals surface area (Å²) in [4.78, 5) is 15.4. The number of ether oxygens (including phenoxy) is 2. The molecule has 0 aliphatic carbocycles. The Morgan fingerprint density at radius 1 is 1.38 bits per heavy atom. The summed E-state index contributed by atoms with van der Waals surface area (Å²) in [5.74, 6) is 0.0589. The van der Waals surface area contributed by atoms with Crippen LogP contribution in [0, 0.1) is 0 Å². The van der Waals surface area contributed by atoms with E-state index in [1.54, 1.807) is 7.11 Å². The Kier molecular flexibility index (Phi) is 4.58. The molecule has 7 heteroatoms. The third-order valence-electron chi connectivity index (χ3n) is 5.28. The van der Waals surface area contributed by atoms with Gasteiger partial charge in [-0.15, -0.1) is 0 Å². The molecule has 2 aromatic heterocycles. The molecular formula is C19H26N4O3. The van der Waals surface area contributed by atoms with Crippen LogP contribution in [0.3, 0.4) is 0 Å². The van der Waals surface area contributed by atoms with Crippen molar-refractivity contribution in [3.8, 4) is 0 Å². The highest BCUT2D eigenvalue weighted by atomic mass is 16.5. The van der Waals surface area contributed by atoms with Gasteiger partial charge in [0.15, 0.2) is 0 Å². The van der Waals surface area contributed by atoms with Gasteiger partial charge in [-0.3, -0.25) is 9.48 Å². The van der Waals surface area contributed by atoms with Gasteiger partial charge in [-0.25, -0.2) is 0 Å². The highest BCUT2D eigenvalue weighted by Crippen LogP contribution is 2.32. The molecule has 0 unspecified atom stereocenters. The van der Waals surface area contributed by atoms with Gasteiger partial charge in [0, 0.05) is 44.1 Å². The van der Waals surface area contributed by atoms with Crippen LogP contribution in [0.15, 0.2) is 18.3 Å². The Labute approximate surface area is 153 Å². The lowest BCUT2D eigenvalue weighted by molar-refractivity contribution is -0.00721. The van der Waals surface area contributed by atoms with E-state index in [9.17, 15) is 4.79 Å². The smallest absolute Gasteiger partial charge is 0.272 e. The number of hydrogen-bond donors (Lipinski definition) is 0. The predicted molar refractivity (Wildman–Crippen MR) is 95.9 cm³/mol. The Morgan fingerprint density at radius 2 is 2.23 bits per heavy atom. The molecule has 2 atom stereocenters. The average Bonchev–Trinajstić information content (AvgIpc) is 3.22. The molecule has 4 rings (SSSR count). The number of carbonyl (C=O) groups excluding carboxylic acids is 1. The van der Waals surface area contributed by atoms with E-state index >= 15 is 0 Å². The van der Waals surface area contributed by atoms with Gasteiger partial charge in [-0.1, -0.05) is 0 Å². The Bertz CT molecular complexity index is 810. The van der Waals surface area contributed by atoms with Gasteiger partial charge in [0.25, 0.3) is 5.91 Å². The minimum Gasteiger partial charge on any atom is -0.383 e. The zero-order chi connectivity index (χ0) is 18.3. The summed E-state index contributed by atoms with van der Waals surface area (Å²) in [5.41, 5.74) is 3.81. The molecule has 4 heterocycles. The first-order chi connectivity index (χ1) is 12.6. The van der Waals surface area contributed by atoms with Crippen molar-refractivity contribution in [2.75, 3.05) is 20.3 Å². The van der Waals surface area contributed by atoms with E-state index in [0.717, 1.165) is 24.2 Å². The van der Waals surface area contributed by atoms with Crippen LogP contribution in [-0.2, 0) is 35.5 Å². The highest BCUT2D eigenvalue weighted by Gasteiger charge is 2.34. The molecule has 1 amide bonds. The van der Waals surface area contributed by atoms with Gasteiger partial charge in [-0.05, 0) is 26.0 Å². The van der Waals surface area contributed by atoms with Crippen LogP contribution in [-0.4, -0.2) is 51.5 Å². The van der Waals surface area contributed by atoms with Gasteiger partial charge < -0.3 is 18.9 Å². The third kappa shape index (κ3) is 2.95. The normalized spacial score (nSPS) is 22.2. The van der Waals surface area contributed by atoms with E-state index in [4.69, 9.17) is 14.6 Å². The SMILES string of the molecule is COCCn1nc2c(c1C(=O)N1CCn3cccc3C1)C[C@H](C)O[C@@H]2C. The summed E-state index contributed by atoms with van der Waals surface area (Å²) in [6.45, 7) is 7.32. The van der Waals surface area contributed by atoms with Crippen LogP contribution >= 0.6 is 0 Å². The summed E-state index contributed by atoms with van der Waals surface area (Å²) < 4.78 is 15.2. The molecule has 140 valence electrons. The first-order valence-corrected chi connectivity index (χ1v) is 9.25. The molecule has 0 fully saturated rings. The number of rotatable bonds is 4. The molecule has 2 aliphatic heterocycles. The highest BCUT2D eigenvalue weighted by molar-refractivity contribution is 5.94. The number of hydrogen-bond acceptors (Lipinski definition) is 4. The topological polar surface area (TPSA) is 61.5 Å². The van der Waals surface area contributed by atoms with Gasteiger partial charge >= 0.3 is 0 Å². The van der Waals surface area contributed by atoms with Gasteiger partial charge in [0.2, 0.25) is 0 Å². The van der Waals surface area contributed by atoms with E-state index < -0.39 is 0 Å². The number of carbonyl (C=O) groups is 1. The Balaban J connectivity index is 1.69. The Morgan fingerprint density at radius 3 is 3.04 bits per heavy atom. The van der Waals surface area contributed by atoms with E-state index in [-0.39, 0.29) is 18.1 Å². The lowest BCUT2D eigenvalue weighted by atomic mass is 9.99. The van der Waals surface area contributed by atoms with Crippen molar-refractivity contribution in [1.29, 1.82) is 0 Å². The molecule has 0 spiro atoms. The number of methoxy groups -OCH3 is 1. The zero-order valence-corrected chi connectivity index (χ0v) is 15.6. The summed E-state index contributed by atoms with van der Waals surface area (Å²) in [6.07, 6.45) is 2.78. The van der Waals surface area contributed by atoms with Crippen molar-refractivity contribution in [3.05, 3.63) is 41.0 Å². The summed E-state index contributed by atoms with van der Waals surface area (Å²) in [7, 11) is 1.66. The molecule has 2 aliphatic rings. The number of fused-ring (bicyclic) bond motifs is 2. The van der Waals surface area contributed by atoms with Crippen molar-refractivity contribution in [3.63, 3.8) is 0 Å². The fraction of sp³-hybridized carbons (Fsp3) is 0.579. The van der Waals surface area contributed by atoms with E-state index in [2.05, 4.69) is 16.8 Å². The molecule has 26 heavy (non-hydrogen) atoms. The lowest BCUT2D eigenvalue weighted by Gasteiger charge is -2.30. The summed E-state index contributed by atoms with van der Waals surface area (Å²) >= 11 is 0. The molecule has 7 nitrogen and oxygen atoms in total. The molecular weight excluding hydrogens is 332 g/mol. The Hall–Kier alpha value is -2.12. The largest absolute Gasteiger partial charge is 0.383 e. The van der Waals surface area contributed by atoms with Crippen LogP contribution in [0.5, 0.6) is 0 Å². The molecule has 0 saturated carbocycles. The van der Waals surface area contributed by atoms with Gasteiger partial charge in [0.1, 0.15) is 5.69 Å². The number of aromatic nitrogens is 3. The average molecular weight is 358 g/mol. The van der Waals surface area contributed by atoms with Crippen molar-refractivity contribution < 1.29 is 14.3 Å². The number of nitrogens with zero attached hydrogens (tertiary/aromatic N) is 4. The van der Waals surface area contributed by atoms with Crippen LogP contribution in [0.4, 0.5) is 0 Å². The van der Waals surface area contributed by atoms with E-state index in [1.165, 1.54) is 5.69 Å². The molecule has 0 saturated heterocycles. The lowest BCUT2D eigenvalue weighted by Crippen LogP contribution is -2.39. The van der Waals surface area contributed by atoms with Crippen LogP contribution in [0.25, 0.3) is 0 Å².